The number of hydrogen-bond acceptors (Lipinski definition) is 8. The highest BCUT2D eigenvalue weighted by Gasteiger charge is 2.16. The zero-order valence-corrected chi connectivity index (χ0v) is 19.7. The molecule has 0 amide bonds. The average molecular weight is 465 g/mol. The lowest BCUT2D eigenvalue weighted by molar-refractivity contribution is 0.0948. The number of rotatable bonds is 10. The van der Waals surface area contributed by atoms with Crippen molar-refractivity contribution in [1.29, 1.82) is 0 Å². The Morgan fingerprint density at radius 2 is 1.74 bits per heavy atom. The molecule has 2 heterocycles. The molecule has 0 bridgehead atoms. The Morgan fingerprint density at radius 3 is 2.41 bits per heavy atom. The monoisotopic (exact) mass is 464 g/mol. The molecule has 9 heteroatoms. The number of benzene rings is 2. The molecule has 0 unspecified atom stereocenters. The number of nitrogen functional groups attached to an aromatic ring is 1. The van der Waals surface area contributed by atoms with E-state index in [2.05, 4.69) is 20.3 Å². The molecule has 0 aliphatic carbocycles. The first-order valence-corrected chi connectivity index (χ1v) is 11.7. The van der Waals surface area contributed by atoms with Gasteiger partial charge in [-0.3, -0.25) is 4.79 Å². The number of ether oxygens (including phenoxy) is 2. The summed E-state index contributed by atoms with van der Waals surface area (Å²) in [5.41, 5.74) is 7.15. The lowest BCUT2D eigenvalue weighted by atomic mass is 10.2. The second kappa shape index (κ2) is 11.0. The van der Waals surface area contributed by atoms with Crippen molar-refractivity contribution in [2.24, 2.45) is 0 Å². The smallest absolute Gasteiger partial charge is 0.281 e. The molecule has 3 N–H and O–H groups in total. The van der Waals surface area contributed by atoms with Crippen molar-refractivity contribution in [2.75, 3.05) is 37.3 Å². The number of aromatic nitrogens is 3. The number of carbonyl (C=O) groups is 1. The van der Waals surface area contributed by atoms with Crippen LogP contribution in [0.2, 0.25) is 0 Å². The normalized spacial score (nSPS) is 13.9. The molecule has 1 aromatic heterocycles. The number of hydrogen-bond donors (Lipinski definition) is 2. The summed E-state index contributed by atoms with van der Waals surface area (Å²) < 4.78 is 12.5. The van der Waals surface area contributed by atoms with Gasteiger partial charge < -0.3 is 25.4 Å². The van der Waals surface area contributed by atoms with Gasteiger partial charge in [0.2, 0.25) is 11.9 Å². The van der Waals surface area contributed by atoms with Crippen molar-refractivity contribution in [3.8, 4) is 11.5 Å². The van der Waals surface area contributed by atoms with Gasteiger partial charge in [-0.1, -0.05) is 0 Å². The Labute approximate surface area is 199 Å². The zero-order chi connectivity index (χ0) is 23.9. The number of nitrogens with one attached hydrogen (secondary N) is 1. The second-order valence-corrected chi connectivity index (χ2v) is 8.60. The summed E-state index contributed by atoms with van der Waals surface area (Å²) >= 11 is 0. The van der Waals surface area contributed by atoms with Crippen LogP contribution in [-0.4, -0.2) is 57.9 Å². The Morgan fingerprint density at radius 1 is 1.06 bits per heavy atom. The van der Waals surface area contributed by atoms with E-state index >= 15 is 0 Å². The summed E-state index contributed by atoms with van der Waals surface area (Å²) in [5.74, 6) is 1.38. The Balaban J connectivity index is 1.31. The highest BCUT2D eigenvalue weighted by molar-refractivity contribution is 5.97. The molecule has 0 saturated carbocycles. The fraction of sp³-hybridized carbons (Fsp3) is 0.400. The van der Waals surface area contributed by atoms with Gasteiger partial charge in [-0.2, -0.15) is 9.67 Å². The first kappa shape index (κ1) is 23.6. The van der Waals surface area contributed by atoms with E-state index in [0.29, 0.717) is 17.9 Å². The van der Waals surface area contributed by atoms with Crippen molar-refractivity contribution in [1.82, 2.24) is 19.7 Å². The molecule has 1 saturated heterocycles. The first-order chi connectivity index (χ1) is 16.5. The number of nitrogens with two attached hydrogens (primary N) is 1. The summed E-state index contributed by atoms with van der Waals surface area (Å²) in [7, 11) is 0. The van der Waals surface area contributed by atoms with Gasteiger partial charge in [0.1, 0.15) is 11.5 Å². The van der Waals surface area contributed by atoms with E-state index in [1.165, 1.54) is 25.9 Å². The van der Waals surface area contributed by atoms with E-state index in [1.807, 2.05) is 38.1 Å². The molecule has 2 aromatic carbocycles. The van der Waals surface area contributed by atoms with Crippen LogP contribution >= 0.6 is 0 Å². The summed E-state index contributed by atoms with van der Waals surface area (Å²) in [6.45, 7) is 8.09. The van der Waals surface area contributed by atoms with Crippen LogP contribution in [0.25, 0.3) is 0 Å². The lowest BCUT2D eigenvalue weighted by Gasteiger charge is -2.14. The number of likely N-dealkylation sites (tertiary alicyclic amines) is 1. The maximum Gasteiger partial charge on any atom is 0.281 e. The van der Waals surface area contributed by atoms with Gasteiger partial charge in [0, 0.05) is 17.8 Å². The van der Waals surface area contributed by atoms with Crippen LogP contribution in [-0.2, 0) is 0 Å². The fourth-order valence-corrected chi connectivity index (χ4v) is 3.85. The minimum Gasteiger partial charge on any atom is -0.494 e. The molecule has 0 radical (unpaired) electrons. The van der Waals surface area contributed by atoms with Crippen LogP contribution < -0.4 is 20.5 Å². The van der Waals surface area contributed by atoms with E-state index in [4.69, 9.17) is 15.2 Å². The first-order valence-electron chi connectivity index (χ1n) is 11.7. The molecule has 1 aliphatic heterocycles. The van der Waals surface area contributed by atoms with E-state index in [9.17, 15) is 4.79 Å². The van der Waals surface area contributed by atoms with E-state index < -0.39 is 0 Å². The fourth-order valence-electron chi connectivity index (χ4n) is 3.85. The summed E-state index contributed by atoms with van der Waals surface area (Å²) in [6.07, 6.45) is 3.69. The molecule has 0 spiro atoms. The lowest BCUT2D eigenvalue weighted by Crippen LogP contribution is -2.21. The van der Waals surface area contributed by atoms with Crippen molar-refractivity contribution >= 4 is 23.5 Å². The largest absolute Gasteiger partial charge is 0.494 e. The highest BCUT2D eigenvalue weighted by atomic mass is 16.5. The quantitative estimate of drug-likeness (QED) is 0.435. The van der Waals surface area contributed by atoms with Crippen LogP contribution in [0.15, 0.2) is 48.5 Å². The predicted molar refractivity (Wildman–Crippen MR) is 132 cm³/mol. The van der Waals surface area contributed by atoms with E-state index in [-0.39, 0.29) is 23.9 Å². The Bertz CT molecular complexity index is 1070. The minimum atomic E-state index is -0.369. The van der Waals surface area contributed by atoms with Crippen LogP contribution in [0.4, 0.5) is 17.6 Å². The summed E-state index contributed by atoms with van der Waals surface area (Å²) in [5, 5.41) is 7.30. The Kier molecular flexibility index (Phi) is 7.64. The molecule has 180 valence electrons. The van der Waals surface area contributed by atoms with Crippen molar-refractivity contribution < 1.29 is 14.3 Å². The highest BCUT2D eigenvalue weighted by Crippen LogP contribution is 2.20. The second-order valence-electron chi connectivity index (χ2n) is 8.60. The van der Waals surface area contributed by atoms with E-state index in [1.54, 1.807) is 24.3 Å². The third-order valence-corrected chi connectivity index (χ3v) is 5.49. The van der Waals surface area contributed by atoms with Gasteiger partial charge in [0.15, 0.2) is 0 Å². The number of carbonyl (C=O) groups excluding carboxylic acids is 1. The molecule has 34 heavy (non-hydrogen) atoms. The maximum atomic E-state index is 12.8. The average Bonchev–Trinajstić information content (AvgIpc) is 3.47. The van der Waals surface area contributed by atoms with Crippen LogP contribution in [0.5, 0.6) is 11.5 Å². The number of nitrogens with zero attached hydrogens (tertiary/aromatic N) is 4. The molecule has 1 fully saturated rings. The minimum absolute atomic E-state index is 0.00737. The van der Waals surface area contributed by atoms with Crippen molar-refractivity contribution in [3.63, 3.8) is 0 Å². The zero-order valence-electron chi connectivity index (χ0n) is 19.7. The summed E-state index contributed by atoms with van der Waals surface area (Å²) in [6, 6.07) is 14.4. The van der Waals surface area contributed by atoms with Crippen molar-refractivity contribution in [3.05, 3.63) is 54.1 Å². The van der Waals surface area contributed by atoms with Crippen molar-refractivity contribution in [2.45, 2.75) is 39.2 Å². The molecular formula is C25H32N6O3. The molecule has 3 aromatic rings. The third-order valence-electron chi connectivity index (χ3n) is 5.49. The molecule has 9 nitrogen and oxygen atoms in total. The molecule has 4 rings (SSSR count). The van der Waals surface area contributed by atoms with Crippen LogP contribution in [0.3, 0.4) is 0 Å². The van der Waals surface area contributed by atoms with Gasteiger partial charge in [0.25, 0.3) is 5.91 Å². The molecular weight excluding hydrogens is 432 g/mol. The summed E-state index contributed by atoms with van der Waals surface area (Å²) in [4.78, 5) is 19.5. The molecule has 0 atom stereocenters. The predicted octanol–water partition coefficient (Wildman–Crippen LogP) is 3.94. The standard InChI is InChI=1S/C25H32N6O3/c1-18(2)34-22-10-6-19(7-11-22)23(32)31-24(26)28-25(29-31)27-20-8-12-21(13-9-20)33-17-5-16-30-14-3-4-15-30/h6-13,18H,3-5,14-17H2,1-2H3,(H3,26,27,28,29). The van der Waals surface area contributed by atoms with E-state index in [0.717, 1.165) is 29.1 Å². The van der Waals surface area contributed by atoms with Gasteiger partial charge >= 0.3 is 0 Å². The Hall–Kier alpha value is -3.59. The topological polar surface area (TPSA) is 108 Å². The maximum absolute atomic E-state index is 12.8. The van der Waals surface area contributed by atoms with Gasteiger partial charge in [-0.15, -0.1) is 5.10 Å². The van der Waals surface area contributed by atoms with Gasteiger partial charge in [0.05, 0.1) is 12.7 Å². The SMILES string of the molecule is CC(C)Oc1ccc(C(=O)n2nc(Nc3ccc(OCCCN4CCCC4)cc3)nc2N)cc1. The molecule has 1 aliphatic rings. The third kappa shape index (κ3) is 6.26. The van der Waals surface area contributed by atoms with Gasteiger partial charge in [-0.25, -0.2) is 0 Å². The van der Waals surface area contributed by atoms with Gasteiger partial charge in [-0.05, 0) is 94.7 Å². The van der Waals surface area contributed by atoms with Crippen LogP contribution in [0, 0.1) is 0 Å². The number of anilines is 3. The van der Waals surface area contributed by atoms with Crippen LogP contribution in [0.1, 0.15) is 43.5 Å².